The van der Waals surface area contributed by atoms with E-state index in [0.29, 0.717) is 5.75 Å². The van der Waals surface area contributed by atoms with Gasteiger partial charge in [-0.3, -0.25) is 0 Å². The van der Waals surface area contributed by atoms with Crippen LogP contribution in [0.1, 0.15) is 136 Å². The summed E-state index contributed by atoms with van der Waals surface area (Å²) < 4.78 is 0. The molecule has 0 aromatic heterocycles. The van der Waals surface area contributed by atoms with Crippen LogP contribution in [0.3, 0.4) is 0 Å². The Kier molecular flexibility index (Phi) is 13.5. The summed E-state index contributed by atoms with van der Waals surface area (Å²) in [7, 11) is 0. The van der Waals surface area contributed by atoms with Crippen LogP contribution in [0.25, 0.3) is 0 Å². The van der Waals surface area contributed by atoms with Crippen LogP contribution >= 0.6 is 0 Å². The zero-order chi connectivity index (χ0) is 23.3. The van der Waals surface area contributed by atoms with E-state index in [1.54, 1.807) is 0 Å². The van der Waals surface area contributed by atoms with E-state index in [9.17, 15) is 5.11 Å². The van der Waals surface area contributed by atoms with Gasteiger partial charge in [-0.25, -0.2) is 0 Å². The van der Waals surface area contributed by atoms with Crippen LogP contribution < -0.4 is 0 Å². The predicted molar refractivity (Wildman–Crippen MR) is 141 cm³/mol. The standard InChI is InChI=1S/C29H52OSe/c1-8-9-10-11-12-13-14-15-16-17-20-31-21-18-19-24-22-25(28(2,3)4)27(30)26(23-24)29(5,6)7/h22-23,30H,8-21H2,1-7H3. The number of hydrogen-bond acceptors (Lipinski definition) is 1. The van der Waals surface area contributed by atoms with E-state index in [-0.39, 0.29) is 10.8 Å². The van der Waals surface area contributed by atoms with Crippen molar-refractivity contribution in [3.8, 4) is 5.75 Å². The zero-order valence-electron chi connectivity index (χ0n) is 21.9. The molecule has 31 heavy (non-hydrogen) atoms. The van der Waals surface area contributed by atoms with Gasteiger partial charge >= 0.3 is 202 Å². The molecule has 1 aromatic carbocycles. The maximum atomic E-state index is 10.9. The van der Waals surface area contributed by atoms with E-state index in [1.807, 2.05) is 0 Å². The van der Waals surface area contributed by atoms with Crippen molar-refractivity contribution in [3.05, 3.63) is 28.8 Å². The molecule has 1 rings (SSSR count). The molecule has 1 N–H and O–H groups in total. The summed E-state index contributed by atoms with van der Waals surface area (Å²) in [6.45, 7) is 15.5. The fourth-order valence-corrected chi connectivity index (χ4v) is 6.17. The monoisotopic (exact) mass is 496 g/mol. The van der Waals surface area contributed by atoms with Crippen molar-refractivity contribution >= 4 is 15.0 Å². The van der Waals surface area contributed by atoms with Crippen LogP contribution in [0.15, 0.2) is 12.1 Å². The van der Waals surface area contributed by atoms with E-state index in [2.05, 4.69) is 60.6 Å². The molecular weight excluding hydrogens is 443 g/mol. The fourth-order valence-electron chi connectivity index (χ4n) is 4.15. The predicted octanol–water partition coefficient (Wildman–Crippen LogP) is 9.38. The van der Waals surface area contributed by atoms with E-state index >= 15 is 0 Å². The Labute approximate surface area is 201 Å². The molecule has 0 saturated heterocycles. The van der Waals surface area contributed by atoms with E-state index in [0.717, 1.165) is 32.5 Å². The van der Waals surface area contributed by atoms with Crippen molar-refractivity contribution in [2.45, 2.75) is 147 Å². The molecule has 0 aliphatic heterocycles. The molecule has 180 valence electrons. The Morgan fingerprint density at radius 3 is 1.52 bits per heavy atom. The molecule has 1 aromatic rings. The SMILES string of the molecule is CCCCCCCCCCCC[Se]CCCc1cc(C(C)(C)C)c(O)c(C(C)(C)C)c1. The molecule has 0 atom stereocenters. The molecule has 0 radical (unpaired) electrons. The van der Waals surface area contributed by atoms with E-state index < -0.39 is 0 Å². The third-order valence-corrected chi connectivity index (χ3v) is 8.60. The van der Waals surface area contributed by atoms with Crippen molar-refractivity contribution in [1.29, 1.82) is 0 Å². The molecule has 0 unspecified atom stereocenters. The van der Waals surface area contributed by atoms with Crippen molar-refractivity contribution < 1.29 is 5.11 Å². The number of rotatable bonds is 15. The van der Waals surface area contributed by atoms with Crippen LogP contribution in [0.5, 0.6) is 5.75 Å². The summed E-state index contributed by atoms with van der Waals surface area (Å²) in [5.41, 5.74) is 3.55. The molecule has 2 heteroatoms. The number of hydrogen-bond donors (Lipinski definition) is 1. The van der Waals surface area contributed by atoms with Crippen LogP contribution in [-0.2, 0) is 17.3 Å². The van der Waals surface area contributed by atoms with Crippen molar-refractivity contribution in [3.63, 3.8) is 0 Å². The van der Waals surface area contributed by atoms with E-state index in [1.165, 1.54) is 86.8 Å². The number of unbranched alkanes of at least 4 members (excludes halogenated alkanes) is 9. The average molecular weight is 496 g/mol. The molecule has 1 nitrogen and oxygen atoms in total. The van der Waals surface area contributed by atoms with Gasteiger partial charge in [0, 0.05) is 0 Å². The molecule has 0 aliphatic rings. The summed E-state index contributed by atoms with van der Waals surface area (Å²) in [6.07, 6.45) is 16.8. The maximum absolute atomic E-state index is 10.9. The number of aryl methyl sites for hydroxylation is 1. The van der Waals surface area contributed by atoms with Gasteiger partial charge in [-0.15, -0.1) is 0 Å². The minimum atomic E-state index is -0.0282. The molecule has 0 fully saturated rings. The summed E-state index contributed by atoms with van der Waals surface area (Å²) >= 11 is 0.802. The Balaban J connectivity index is 2.28. The normalized spacial score (nSPS) is 12.5. The zero-order valence-corrected chi connectivity index (χ0v) is 23.6. The van der Waals surface area contributed by atoms with Gasteiger partial charge in [-0.05, 0) is 0 Å². The van der Waals surface area contributed by atoms with Gasteiger partial charge in [0.25, 0.3) is 0 Å². The van der Waals surface area contributed by atoms with E-state index in [4.69, 9.17) is 0 Å². The number of benzene rings is 1. The van der Waals surface area contributed by atoms with Crippen molar-refractivity contribution in [2.75, 3.05) is 0 Å². The van der Waals surface area contributed by atoms with Gasteiger partial charge in [0.1, 0.15) is 0 Å². The van der Waals surface area contributed by atoms with Crippen LogP contribution in [-0.4, -0.2) is 20.1 Å². The Morgan fingerprint density at radius 1 is 0.645 bits per heavy atom. The number of phenols is 1. The Morgan fingerprint density at radius 2 is 1.06 bits per heavy atom. The molecular formula is C29H52OSe. The van der Waals surface area contributed by atoms with Crippen LogP contribution in [0, 0.1) is 0 Å². The summed E-state index contributed by atoms with van der Waals surface area (Å²) in [5, 5.41) is 13.7. The molecule has 0 aliphatic carbocycles. The third-order valence-electron chi connectivity index (χ3n) is 6.18. The van der Waals surface area contributed by atoms with Gasteiger partial charge in [0.2, 0.25) is 0 Å². The van der Waals surface area contributed by atoms with Gasteiger partial charge in [0.15, 0.2) is 0 Å². The quantitative estimate of drug-likeness (QED) is 0.190. The van der Waals surface area contributed by atoms with Gasteiger partial charge in [-0.1, -0.05) is 0 Å². The van der Waals surface area contributed by atoms with Crippen molar-refractivity contribution in [1.82, 2.24) is 0 Å². The molecule has 0 amide bonds. The summed E-state index contributed by atoms with van der Waals surface area (Å²) in [4.78, 5) is 0. The summed E-state index contributed by atoms with van der Waals surface area (Å²) in [6, 6.07) is 4.53. The molecule has 0 saturated carbocycles. The van der Waals surface area contributed by atoms with Gasteiger partial charge in [0.05, 0.1) is 0 Å². The molecule has 0 spiro atoms. The van der Waals surface area contributed by atoms with Crippen LogP contribution in [0.2, 0.25) is 10.6 Å². The van der Waals surface area contributed by atoms with Crippen LogP contribution in [0.4, 0.5) is 0 Å². The van der Waals surface area contributed by atoms with Gasteiger partial charge in [-0.2, -0.15) is 0 Å². The third kappa shape index (κ3) is 11.8. The second-order valence-electron chi connectivity index (χ2n) is 11.4. The fraction of sp³-hybridized carbons (Fsp3) is 0.793. The molecule has 0 heterocycles. The Bertz CT molecular complexity index is 571. The van der Waals surface area contributed by atoms with Gasteiger partial charge < -0.3 is 0 Å². The first-order valence-corrected chi connectivity index (χ1v) is 15.4. The first-order chi connectivity index (χ1) is 14.6. The topological polar surface area (TPSA) is 20.2 Å². The minimum absolute atomic E-state index is 0.0282. The average Bonchev–Trinajstić information content (AvgIpc) is 2.67. The number of aromatic hydroxyl groups is 1. The molecule has 0 bridgehead atoms. The first-order valence-electron chi connectivity index (χ1n) is 13.0. The summed E-state index contributed by atoms with van der Waals surface area (Å²) in [5.74, 6) is 0.508. The first kappa shape index (κ1) is 28.6. The van der Waals surface area contributed by atoms with Crippen molar-refractivity contribution in [2.24, 2.45) is 0 Å². The second-order valence-corrected chi connectivity index (χ2v) is 14.0. The second kappa shape index (κ2) is 14.6. The number of phenolic OH excluding ortho intramolecular Hbond substituents is 1. The Hall–Kier alpha value is -0.461.